The minimum absolute atomic E-state index is 0.243. The summed E-state index contributed by atoms with van der Waals surface area (Å²) in [5.41, 5.74) is 1.33. The number of hydrogen-bond donors (Lipinski definition) is 3. The van der Waals surface area contributed by atoms with E-state index in [0.717, 1.165) is 0 Å². The van der Waals surface area contributed by atoms with E-state index in [1.807, 2.05) is 25.1 Å². The Morgan fingerprint density at radius 1 is 1.09 bits per heavy atom. The number of aromatic nitrogens is 4. The van der Waals surface area contributed by atoms with Gasteiger partial charge < -0.3 is 15.5 Å². The Morgan fingerprint density at radius 3 is 2.66 bits per heavy atom. The van der Waals surface area contributed by atoms with Crippen LogP contribution in [0.3, 0.4) is 0 Å². The second-order valence-corrected chi connectivity index (χ2v) is 8.22. The van der Waals surface area contributed by atoms with Gasteiger partial charge in [0.25, 0.3) is 5.56 Å². The summed E-state index contributed by atoms with van der Waals surface area (Å²) in [5, 5.41) is 16.9. The van der Waals surface area contributed by atoms with Crippen LogP contribution in [-0.2, 0) is 0 Å². The molecule has 174 valence electrons. The summed E-state index contributed by atoms with van der Waals surface area (Å²) in [7, 11) is 0. The first-order chi connectivity index (χ1) is 17.0. The van der Waals surface area contributed by atoms with Gasteiger partial charge in [0.05, 0.1) is 28.4 Å². The van der Waals surface area contributed by atoms with Gasteiger partial charge in [-0.25, -0.2) is 9.97 Å². The Morgan fingerprint density at radius 2 is 1.89 bits per heavy atom. The van der Waals surface area contributed by atoms with Gasteiger partial charge in [0.1, 0.15) is 23.2 Å². The molecule has 9 nitrogen and oxygen atoms in total. The van der Waals surface area contributed by atoms with Crippen LogP contribution in [0.2, 0.25) is 5.02 Å². The van der Waals surface area contributed by atoms with E-state index < -0.39 is 6.04 Å². The third kappa shape index (κ3) is 3.81. The van der Waals surface area contributed by atoms with Crippen LogP contribution < -0.4 is 16.3 Å². The molecule has 3 N–H and O–H groups in total. The van der Waals surface area contributed by atoms with Crippen LogP contribution in [-0.4, -0.2) is 30.9 Å². The number of anilines is 1. The molecular weight excluding hydrogens is 468 g/mol. The molecule has 0 saturated heterocycles. The SMILES string of the molecule is C[C@H](Nc1ncnc2[nH]ccc(=O)c12)c1c(Cl)c2cccc(/C=N/O)c2c(=O)n1-c1ccccc1. The zero-order chi connectivity index (χ0) is 24.5. The van der Waals surface area contributed by atoms with Crippen molar-refractivity contribution < 1.29 is 5.21 Å². The number of oxime groups is 1. The molecule has 35 heavy (non-hydrogen) atoms. The summed E-state index contributed by atoms with van der Waals surface area (Å²) in [6.07, 6.45) is 4.07. The number of halogens is 1. The number of nitrogens with zero attached hydrogens (tertiary/aromatic N) is 4. The van der Waals surface area contributed by atoms with Crippen molar-refractivity contribution in [2.45, 2.75) is 13.0 Å². The van der Waals surface area contributed by atoms with E-state index in [4.69, 9.17) is 16.8 Å². The van der Waals surface area contributed by atoms with Crippen molar-refractivity contribution in [3.8, 4) is 5.69 Å². The van der Waals surface area contributed by atoms with Crippen molar-refractivity contribution in [2.24, 2.45) is 5.16 Å². The number of nitrogens with one attached hydrogen (secondary N) is 2. The minimum atomic E-state index is -0.548. The molecule has 3 heterocycles. The zero-order valence-corrected chi connectivity index (χ0v) is 19.2. The molecule has 10 heteroatoms. The van der Waals surface area contributed by atoms with Crippen LogP contribution in [0.15, 0.2) is 81.9 Å². The number of H-pyrrole nitrogens is 1. The third-order valence-corrected chi connectivity index (χ3v) is 6.14. The summed E-state index contributed by atoms with van der Waals surface area (Å²) in [6, 6.07) is 15.1. The van der Waals surface area contributed by atoms with E-state index in [1.54, 1.807) is 30.3 Å². The highest BCUT2D eigenvalue weighted by Crippen LogP contribution is 2.33. The molecule has 0 bridgehead atoms. The molecule has 0 aliphatic heterocycles. The van der Waals surface area contributed by atoms with E-state index in [9.17, 15) is 9.59 Å². The molecule has 0 amide bonds. The molecule has 0 unspecified atom stereocenters. The summed E-state index contributed by atoms with van der Waals surface area (Å²) in [4.78, 5) is 37.8. The van der Waals surface area contributed by atoms with E-state index in [1.165, 1.54) is 29.4 Å². The Hall–Kier alpha value is -4.50. The summed E-state index contributed by atoms with van der Waals surface area (Å²) in [5.74, 6) is 0.314. The second-order valence-electron chi connectivity index (χ2n) is 7.84. The van der Waals surface area contributed by atoms with Gasteiger partial charge in [-0.15, -0.1) is 0 Å². The fourth-order valence-corrected chi connectivity index (χ4v) is 4.63. The number of hydrogen-bond acceptors (Lipinski definition) is 7. The van der Waals surface area contributed by atoms with Crippen molar-refractivity contribution >= 4 is 45.4 Å². The Kier molecular flexibility index (Phi) is 5.76. The highest BCUT2D eigenvalue weighted by Gasteiger charge is 2.23. The lowest BCUT2D eigenvalue weighted by atomic mass is 10.0. The number of benzene rings is 2. The average molecular weight is 487 g/mol. The molecule has 0 spiro atoms. The quantitative estimate of drug-likeness (QED) is 0.194. The fraction of sp³-hybridized carbons (Fsp3) is 0.0800. The molecule has 5 aromatic rings. The lowest BCUT2D eigenvalue weighted by Crippen LogP contribution is -2.27. The molecule has 0 saturated carbocycles. The van der Waals surface area contributed by atoms with Crippen LogP contribution in [0.1, 0.15) is 24.2 Å². The number of pyridine rings is 2. The molecular formula is C25H19ClN6O3. The predicted octanol–water partition coefficient (Wildman–Crippen LogP) is 4.26. The van der Waals surface area contributed by atoms with Crippen molar-refractivity contribution in [3.63, 3.8) is 0 Å². The first kappa shape index (κ1) is 22.3. The zero-order valence-electron chi connectivity index (χ0n) is 18.4. The van der Waals surface area contributed by atoms with Gasteiger partial charge in [-0.1, -0.05) is 53.2 Å². The van der Waals surface area contributed by atoms with Crippen LogP contribution in [0.25, 0.3) is 27.5 Å². The van der Waals surface area contributed by atoms with Crippen molar-refractivity contribution in [2.75, 3.05) is 5.32 Å². The van der Waals surface area contributed by atoms with Gasteiger partial charge in [-0.05, 0) is 19.1 Å². The summed E-state index contributed by atoms with van der Waals surface area (Å²) >= 11 is 6.94. The van der Waals surface area contributed by atoms with Crippen molar-refractivity contribution in [1.82, 2.24) is 19.5 Å². The van der Waals surface area contributed by atoms with Gasteiger partial charge in [0.2, 0.25) is 0 Å². The van der Waals surface area contributed by atoms with E-state index in [2.05, 4.69) is 25.4 Å². The fourth-order valence-electron chi connectivity index (χ4n) is 4.23. The monoisotopic (exact) mass is 486 g/mol. The van der Waals surface area contributed by atoms with E-state index >= 15 is 0 Å². The second kappa shape index (κ2) is 9.03. The molecule has 2 aromatic carbocycles. The maximum Gasteiger partial charge on any atom is 0.264 e. The van der Waals surface area contributed by atoms with Gasteiger partial charge in [-0.2, -0.15) is 0 Å². The number of para-hydroxylation sites is 1. The molecule has 0 radical (unpaired) electrons. The maximum absolute atomic E-state index is 13.9. The average Bonchev–Trinajstić information content (AvgIpc) is 2.87. The normalized spacial score (nSPS) is 12.4. The van der Waals surface area contributed by atoms with Crippen LogP contribution in [0, 0.1) is 0 Å². The molecule has 3 aromatic heterocycles. The molecule has 0 fully saturated rings. The first-order valence-electron chi connectivity index (χ1n) is 10.7. The highest BCUT2D eigenvalue weighted by atomic mass is 35.5. The van der Waals surface area contributed by atoms with Crippen LogP contribution in [0.4, 0.5) is 5.82 Å². The van der Waals surface area contributed by atoms with E-state index in [0.29, 0.717) is 49.6 Å². The van der Waals surface area contributed by atoms with E-state index in [-0.39, 0.29) is 11.0 Å². The predicted molar refractivity (Wildman–Crippen MR) is 136 cm³/mol. The van der Waals surface area contributed by atoms with Crippen molar-refractivity contribution in [3.05, 3.63) is 104 Å². The largest absolute Gasteiger partial charge is 0.411 e. The molecule has 0 aliphatic rings. The number of aromatic amines is 1. The van der Waals surface area contributed by atoms with Gasteiger partial charge in [-0.3, -0.25) is 14.2 Å². The topological polar surface area (TPSA) is 125 Å². The Bertz CT molecular complexity index is 1710. The highest BCUT2D eigenvalue weighted by molar-refractivity contribution is 6.36. The minimum Gasteiger partial charge on any atom is -0.411 e. The van der Waals surface area contributed by atoms with Crippen LogP contribution >= 0.6 is 11.6 Å². The van der Waals surface area contributed by atoms with Crippen molar-refractivity contribution in [1.29, 1.82) is 0 Å². The summed E-state index contributed by atoms with van der Waals surface area (Å²) in [6.45, 7) is 1.83. The third-order valence-electron chi connectivity index (χ3n) is 5.74. The first-order valence-corrected chi connectivity index (χ1v) is 11.1. The lowest BCUT2D eigenvalue weighted by molar-refractivity contribution is 0.322. The number of rotatable bonds is 5. The smallest absolute Gasteiger partial charge is 0.264 e. The molecule has 5 rings (SSSR count). The molecule has 1 atom stereocenters. The Labute approximate surface area is 203 Å². The van der Waals surface area contributed by atoms with Gasteiger partial charge in [0, 0.05) is 28.9 Å². The number of fused-ring (bicyclic) bond motifs is 2. The lowest BCUT2D eigenvalue weighted by Gasteiger charge is -2.23. The summed E-state index contributed by atoms with van der Waals surface area (Å²) < 4.78 is 1.52. The maximum atomic E-state index is 13.9. The standard InChI is InChI=1S/C25H19ClN6O3/c1-14(31-24-20-18(33)10-11-27-23(20)28-13-29-24)22-21(26)17-9-5-6-15(12-30-35)19(17)25(34)32(22)16-7-3-2-4-8-16/h2-14,35H,1H3,(H2,27,28,29,31,33)/b30-12+/t14-/m0/s1. The Balaban J connectivity index is 1.79. The van der Waals surface area contributed by atoms with Crippen LogP contribution in [0.5, 0.6) is 0 Å². The molecule has 0 aliphatic carbocycles. The van der Waals surface area contributed by atoms with Gasteiger partial charge in [0.15, 0.2) is 5.43 Å². The van der Waals surface area contributed by atoms with Gasteiger partial charge >= 0.3 is 0 Å².